The molecule has 2 aromatic carbocycles. The maximum absolute atomic E-state index is 13.0. The number of allylic oxidation sites excluding steroid dienone is 1. The number of amides is 2. The number of esters is 1. The molecule has 2 atom stereocenters. The van der Waals surface area contributed by atoms with Gasteiger partial charge in [0, 0.05) is 11.6 Å². The summed E-state index contributed by atoms with van der Waals surface area (Å²) in [6.07, 6.45) is 0. The second-order valence-corrected chi connectivity index (χ2v) is 9.35. The zero-order valence-corrected chi connectivity index (χ0v) is 22.2. The summed E-state index contributed by atoms with van der Waals surface area (Å²) in [5, 5.41) is 15.6. The molecular weight excluding hydrogens is 550 g/mol. The van der Waals surface area contributed by atoms with Crippen molar-refractivity contribution in [3.63, 3.8) is 0 Å². The van der Waals surface area contributed by atoms with Crippen molar-refractivity contribution < 1.29 is 28.6 Å². The van der Waals surface area contributed by atoms with E-state index in [1.165, 1.54) is 14.2 Å². The number of nitriles is 1. The van der Waals surface area contributed by atoms with Gasteiger partial charge in [-0.25, -0.2) is 0 Å². The second-order valence-electron chi connectivity index (χ2n) is 7.51. The number of ether oxygens (including phenoxy) is 3. The summed E-state index contributed by atoms with van der Waals surface area (Å²) in [5.41, 5.74) is 1.28. The molecule has 0 fully saturated rings. The van der Waals surface area contributed by atoms with Crippen LogP contribution in [0.5, 0.6) is 11.5 Å². The average molecular weight is 574 g/mol. The molecule has 0 bridgehead atoms. The zero-order valence-electron chi connectivity index (χ0n) is 19.8. The van der Waals surface area contributed by atoms with Crippen LogP contribution in [0.4, 0.5) is 5.69 Å². The number of methoxy groups -OCH3 is 2. The zero-order chi connectivity index (χ0) is 26.2. The van der Waals surface area contributed by atoms with Gasteiger partial charge in [-0.1, -0.05) is 17.8 Å². The van der Waals surface area contributed by atoms with E-state index in [1.54, 1.807) is 42.5 Å². The predicted octanol–water partition coefficient (Wildman–Crippen LogP) is 3.97. The Labute approximate surface area is 221 Å². The van der Waals surface area contributed by atoms with Crippen LogP contribution in [0, 0.1) is 17.2 Å². The highest BCUT2D eigenvalue weighted by atomic mass is 79.9. The molecule has 0 saturated carbocycles. The fourth-order valence-electron chi connectivity index (χ4n) is 3.69. The summed E-state index contributed by atoms with van der Waals surface area (Å²) in [6.45, 7) is 2.42. The van der Waals surface area contributed by atoms with Gasteiger partial charge in [0.2, 0.25) is 11.8 Å². The van der Waals surface area contributed by atoms with Gasteiger partial charge in [0.1, 0.15) is 17.4 Å². The van der Waals surface area contributed by atoms with Crippen LogP contribution in [0.3, 0.4) is 0 Å². The van der Waals surface area contributed by atoms with Crippen molar-refractivity contribution in [1.82, 2.24) is 5.32 Å². The van der Waals surface area contributed by atoms with Gasteiger partial charge in [-0.15, -0.1) is 0 Å². The van der Waals surface area contributed by atoms with Crippen LogP contribution < -0.4 is 20.1 Å². The van der Waals surface area contributed by atoms with Gasteiger partial charge in [-0.05, 0) is 64.8 Å². The summed E-state index contributed by atoms with van der Waals surface area (Å²) in [5.74, 6) is -2.73. The summed E-state index contributed by atoms with van der Waals surface area (Å²) < 4.78 is 16.1. The van der Waals surface area contributed by atoms with Crippen LogP contribution >= 0.6 is 27.7 Å². The van der Waals surface area contributed by atoms with Crippen LogP contribution in [-0.2, 0) is 19.1 Å². The Hall–Kier alpha value is -3.49. The normalized spacial score (nSPS) is 17.0. The van der Waals surface area contributed by atoms with Crippen LogP contribution in [0.15, 0.2) is 57.5 Å². The quantitative estimate of drug-likeness (QED) is 0.341. The van der Waals surface area contributed by atoms with Crippen LogP contribution in [0.25, 0.3) is 0 Å². The van der Waals surface area contributed by atoms with E-state index >= 15 is 0 Å². The highest BCUT2D eigenvalue weighted by Gasteiger charge is 2.44. The number of hydrogen-bond acceptors (Lipinski definition) is 8. The van der Waals surface area contributed by atoms with Crippen molar-refractivity contribution >= 4 is 51.2 Å². The van der Waals surface area contributed by atoms with Crippen molar-refractivity contribution in [1.29, 1.82) is 5.26 Å². The number of carbonyl (C=O) groups is 3. The molecule has 2 N–H and O–H groups in total. The first-order chi connectivity index (χ1) is 17.3. The molecule has 1 aliphatic rings. The van der Waals surface area contributed by atoms with Gasteiger partial charge in [-0.3, -0.25) is 14.4 Å². The third-order valence-electron chi connectivity index (χ3n) is 5.32. The smallest absolute Gasteiger partial charge is 0.319 e. The molecule has 0 aromatic heterocycles. The van der Waals surface area contributed by atoms with Gasteiger partial charge < -0.3 is 24.8 Å². The van der Waals surface area contributed by atoms with E-state index in [0.717, 1.165) is 11.8 Å². The SMILES string of the molecule is CCOc1ccc(NC(=O)CSC2=C(C#N)[C@H](c3ccc(OC)c(Br)c3)[C@@H](C(=O)OC)C(=O)N2)cc1. The van der Waals surface area contributed by atoms with Gasteiger partial charge >= 0.3 is 5.97 Å². The Morgan fingerprint density at radius 2 is 1.92 bits per heavy atom. The van der Waals surface area contributed by atoms with Crippen molar-refractivity contribution in [2.75, 3.05) is 31.9 Å². The highest BCUT2D eigenvalue weighted by molar-refractivity contribution is 9.10. The highest BCUT2D eigenvalue weighted by Crippen LogP contribution is 2.42. The Morgan fingerprint density at radius 1 is 1.19 bits per heavy atom. The van der Waals surface area contributed by atoms with Gasteiger partial charge in [0.05, 0.1) is 47.7 Å². The van der Waals surface area contributed by atoms with Gasteiger partial charge in [0.15, 0.2) is 0 Å². The molecule has 188 valence electrons. The molecule has 36 heavy (non-hydrogen) atoms. The molecule has 2 aromatic rings. The molecule has 0 spiro atoms. The molecule has 1 aliphatic heterocycles. The van der Waals surface area contributed by atoms with E-state index in [4.69, 9.17) is 14.2 Å². The summed E-state index contributed by atoms with van der Waals surface area (Å²) in [4.78, 5) is 38.1. The van der Waals surface area contributed by atoms with E-state index in [0.29, 0.717) is 33.8 Å². The number of hydrogen-bond donors (Lipinski definition) is 2. The van der Waals surface area contributed by atoms with E-state index in [1.807, 2.05) is 6.92 Å². The minimum absolute atomic E-state index is 0.0735. The number of nitrogens with one attached hydrogen (secondary N) is 2. The van der Waals surface area contributed by atoms with Crippen molar-refractivity contribution in [3.05, 3.63) is 63.1 Å². The Kier molecular flexibility index (Phi) is 9.38. The first kappa shape index (κ1) is 27.1. The van der Waals surface area contributed by atoms with Crippen LogP contribution in [0.1, 0.15) is 18.4 Å². The number of benzene rings is 2. The topological polar surface area (TPSA) is 127 Å². The fraction of sp³-hybridized carbons (Fsp3) is 0.280. The van der Waals surface area contributed by atoms with Gasteiger partial charge in [-0.2, -0.15) is 5.26 Å². The third kappa shape index (κ3) is 6.19. The largest absolute Gasteiger partial charge is 0.496 e. The molecule has 1 heterocycles. The molecule has 0 aliphatic carbocycles. The molecule has 0 saturated heterocycles. The molecular formula is C25H24BrN3O6S. The lowest BCUT2D eigenvalue weighted by atomic mass is 9.78. The Bertz CT molecular complexity index is 1230. The number of thioether (sulfide) groups is 1. The molecule has 11 heteroatoms. The first-order valence-corrected chi connectivity index (χ1v) is 12.6. The Balaban J connectivity index is 1.86. The fourth-order valence-corrected chi connectivity index (χ4v) is 5.10. The first-order valence-electron chi connectivity index (χ1n) is 10.8. The maximum Gasteiger partial charge on any atom is 0.319 e. The number of rotatable bonds is 9. The lowest BCUT2D eigenvalue weighted by Crippen LogP contribution is -2.44. The number of halogens is 1. The van der Waals surface area contributed by atoms with Crippen LogP contribution in [-0.4, -0.2) is 44.4 Å². The summed E-state index contributed by atoms with van der Waals surface area (Å²) in [6, 6.07) is 14.1. The maximum atomic E-state index is 13.0. The monoisotopic (exact) mass is 573 g/mol. The molecule has 9 nitrogen and oxygen atoms in total. The Morgan fingerprint density at radius 3 is 2.50 bits per heavy atom. The number of anilines is 1. The van der Waals surface area contributed by atoms with E-state index < -0.39 is 23.7 Å². The summed E-state index contributed by atoms with van der Waals surface area (Å²) in [7, 11) is 2.70. The van der Waals surface area contributed by atoms with E-state index in [9.17, 15) is 19.6 Å². The third-order valence-corrected chi connectivity index (χ3v) is 6.95. The summed E-state index contributed by atoms with van der Waals surface area (Å²) >= 11 is 4.41. The minimum atomic E-state index is -1.27. The molecule has 3 rings (SSSR count). The minimum Gasteiger partial charge on any atom is -0.496 e. The molecule has 2 amide bonds. The van der Waals surface area contributed by atoms with Crippen molar-refractivity contribution in [2.24, 2.45) is 5.92 Å². The number of nitrogens with zero attached hydrogens (tertiary/aromatic N) is 1. The second kappa shape index (κ2) is 12.5. The molecule has 0 radical (unpaired) electrons. The lowest BCUT2D eigenvalue weighted by Gasteiger charge is -2.31. The van der Waals surface area contributed by atoms with Crippen molar-refractivity contribution in [2.45, 2.75) is 12.8 Å². The van der Waals surface area contributed by atoms with E-state index in [-0.39, 0.29) is 22.3 Å². The standard InChI is InChI=1S/C25H24BrN3O6S/c1-4-35-16-8-6-15(7-9-16)28-20(30)13-36-24-17(12-27)21(22(23(31)29-24)25(32)34-3)14-5-10-19(33-2)18(26)11-14/h5-11,21-22H,4,13H2,1-3H3,(H,28,30)(H,29,31)/t21-,22+/m0/s1. The van der Waals surface area contributed by atoms with Gasteiger partial charge in [0.25, 0.3) is 0 Å². The average Bonchev–Trinajstić information content (AvgIpc) is 2.87. The molecule has 0 unspecified atom stereocenters. The van der Waals surface area contributed by atoms with Crippen molar-refractivity contribution in [3.8, 4) is 17.6 Å². The number of carbonyl (C=O) groups excluding carboxylic acids is 3. The predicted molar refractivity (Wildman–Crippen MR) is 138 cm³/mol. The lowest BCUT2D eigenvalue weighted by molar-refractivity contribution is -0.150. The van der Waals surface area contributed by atoms with Crippen LogP contribution in [0.2, 0.25) is 0 Å². The van der Waals surface area contributed by atoms with E-state index in [2.05, 4.69) is 32.6 Å².